The van der Waals surface area contributed by atoms with Crippen LogP contribution in [0.2, 0.25) is 0 Å². The molecule has 122 valence electrons. The summed E-state index contributed by atoms with van der Waals surface area (Å²) in [5, 5.41) is 0. The molecule has 0 amide bonds. The Bertz CT molecular complexity index is 344. The minimum absolute atomic E-state index is 0.226. The third-order valence-corrected chi connectivity index (χ3v) is 2.89. The average molecular weight is 297 g/mol. The van der Waals surface area contributed by atoms with E-state index in [0.717, 1.165) is 38.4 Å². The number of nitrogens with zero attached hydrogens (tertiary/aromatic N) is 3. The van der Waals surface area contributed by atoms with Crippen LogP contribution < -0.4 is 4.74 Å². The molecule has 5 nitrogen and oxygen atoms in total. The third-order valence-electron chi connectivity index (χ3n) is 2.89. The van der Waals surface area contributed by atoms with E-state index in [1.807, 2.05) is 34.6 Å². The van der Waals surface area contributed by atoms with Gasteiger partial charge in [-0.25, -0.2) is 4.98 Å². The summed E-state index contributed by atoms with van der Waals surface area (Å²) in [5.74, 6) is 0.620. The Morgan fingerprint density at radius 1 is 1.19 bits per heavy atom. The maximum absolute atomic E-state index is 5.78. The second-order valence-corrected chi connectivity index (χ2v) is 4.32. The average Bonchev–Trinajstić information content (AvgIpc) is 2.99. The van der Waals surface area contributed by atoms with Crippen LogP contribution in [0.1, 0.15) is 39.8 Å². The summed E-state index contributed by atoms with van der Waals surface area (Å²) in [4.78, 5) is 10.7. The van der Waals surface area contributed by atoms with Crippen LogP contribution in [0.25, 0.3) is 0 Å². The highest BCUT2D eigenvalue weighted by Crippen LogP contribution is 2.15. The number of hydrogen-bond donors (Lipinski definition) is 0. The summed E-state index contributed by atoms with van der Waals surface area (Å²) in [5.41, 5.74) is 0.908. The highest BCUT2D eigenvalue weighted by atomic mass is 16.5. The maximum Gasteiger partial charge on any atom is 0.232 e. The Labute approximate surface area is 129 Å². The van der Waals surface area contributed by atoms with Gasteiger partial charge in [0.25, 0.3) is 0 Å². The molecule has 0 radical (unpaired) electrons. The Morgan fingerprint density at radius 3 is 2.48 bits per heavy atom. The molecule has 1 aliphatic heterocycles. The lowest BCUT2D eigenvalue weighted by atomic mass is 10.3. The predicted octanol–water partition coefficient (Wildman–Crippen LogP) is 2.94. The zero-order chi connectivity index (χ0) is 16.1. The SMILES string of the molecule is CC.CC.COCCN1CCC(Oc2cnc(C)cn2)C1. The number of aryl methyl sites for hydroxylation is 1. The molecule has 1 unspecified atom stereocenters. The van der Waals surface area contributed by atoms with Gasteiger partial charge >= 0.3 is 0 Å². The van der Waals surface area contributed by atoms with E-state index in [1.54, 1.807) is 19.5 Å². The first-order valence-corrected chi connectivity index (χ1v) is 7.94. The van der Waals surface area contributed by atoms with E-state index >= 15 is 0 Å². The van der Waals surface area contributed by atoms with Crippen molar-refractivity contribution in [1.82, 2.24) is 14.9 Å². The molecule has 1 aromatic heterocycles. The van der Waals surface area contributed by atoms with Crippen molar-refractivity contribution in [3.63, 3.8) is 0 Å². The first-order chi connectivity index (χ1) is 10.3. The number of aromatic nitrogens is 2. The van der Waals surface area contributed by atoms with Crippen molar-refractivity contribution in [2.24, 2.45) is 0 Å². The fraction of sp³-hybridized carbons (Fsp3) is 0.750. The van der Waals surface area contributed by atoms with Gasteiger partial charge in [-0.05, 0) is 13.3 Å². The molecule has 1 aliphatic rings. The van der Waals surface area contributed by atoms with Gasteiger partial charge in [-0.3, -0.25) is 9.88 Å². The van der Waals surface area contributed by atoms with Crippen LogP contribution in [0.5, 0.6) is 5.88 Å². The number of ether oxygens (including phenoxy) is 2. The predicted molar refractivity (Wildman–Crippen MR) is 86.8 cm³/mol. The van der Waals surface area contributed by atoms with E-state index in [0.29, 0.717) is 5.88 Å². The second-order valence-electron chi connectivity index (χ2n) is 4.32. The quantitative estimate of drug-likeness (QED) is 0.836. The minimum atomic E-state index is 0.226. The van der Waals surface area contributed by atoms with Crippen LogP contribution in [0.3, 0.4) is 0 Å². The van der Waals surface area contributed by atoms with Gasteiger partial charge in [0.1, 0.15) is 6.10 Å². The largest absolute Gasteiger partial charge is 0.472 e. The highest BCUT2D eigenvalue weighted by Gasteiger charge is 2.23. The van der Waals surface area contributed by atoms with Crippen molar-refractivity contribution in [1.29, 1.82) is 0 Å². The van der Waals surface area contributed by atoms with Gasteiger partial charge in [0.2, 0.25) is 5.88 Å². The zero-order valence-electron chi connectivity index (χ0n) is 14.4. The number of methoxy groups -OCH3 is 1. The number of likely N-dealkylation sites (tertiary alicyclic amines) is 1. The molecule has 1 aromatic rings. The van der Waals surface area contributed by atoms with Crippen LogP contribution in [0.4, 0.5) is 0 Å². The van der Waals surface area contributed by atoms with E-state index in [4.69, 9.17) is 9.47 Å². The summed E-state index contributed by atoms with van der Waals surface area (Å²) < 4.78 is 10.9. The molecule has 5 heteroatoms. The smallest absolute Gasteiger partial charge is 0.232 e. The molecule has 1 saturated heterocycles. The van der Waals surface area contributed by atoms with Gasteiger partial charge < -0.3 is 9.47 Å². The van der Waals surface area contributed by atoms with E-state index in [2.05, 4.69) is 14.9 Å². The van der Waals surface area contributed by atoms with Crippen molar-refractivity contribution in [2.75, 3.05) is 33.4 Å². The van der Waals surface area contributed by atoms with Crippen molar-refractivity contribution in [2.45, 2.75) is 47.1 Å². The maximum atomic E-state index is 5.78. The van der Waals surface area contributed by atoms with Crippen LogP contribution in [0.15, 0.2) is 12.4 Å². The van der Waals surface area contributed by atoms with Gasteiger partial charge in [-0.1, -0.05) is 27.7 Å². The molecule has 1 atom stereocenters. The van der Waals surface area contributed by atoms with E-state index < -0.39 is 0 Å². The van der Waals surface area contributed by atoms with Crippen molar-refractivity contribution >= 4 is 0 Å². The van der Waals surface area contributed by atoms with Gasteiger partial charge in [-0.2, -0.15) is 0 Å². The summed E-state index contributed by atoms with van der Waals surface area (Å²) >= 11 is 0. The molecule has 0 aromatic carbocycles. The Morgan fingerprint density at radius 2 is 1.90 bits per heavy atom. The molecule has 0 aliphatic carbocycles. The Balaban J connectivity index is 0.000000921. The van der Waals surface area contributed by atoms with Gasteiger partial charge in [0.05, 0.1) is 24.7 Å². The summed E-state index contributed by atoms with van der Waals surface area (Å²) in [6.45, 7) is 13.7. The van der Waals surface area contributed by atoms with Crippen molar-refractivity contribution < 1.29 is 9.47 Å². The lowest BCUT2D eigenvalue weighted by Gasteiger charge is -2.15. The second kappa shape index (κ2) is 12.5. The van der Waals surface area contributed by atoms with E-state index in [-0.39, 0.29) is 6.10 Å². The highest BCUT2D eigenvalue weighted by molar-refractivity contribution is 5.06. The molecular weight excluding hydrogens is 266 g/mol. The van der Waals surface area contributed by atoms with Crippen LogP contribution in [-0.2, 0) is 4.74 Å². The Hall–Kier alpha value is -1.20. The summed E-state index contributed by atoms with van der Waals surface area (Å²) in [7, 11) is 1.73. The molecule has 2 rings (SSSR count). The molecular formula is C16H31N3O2. The lowest BCUT2D eigenvalue weighted by Crippen LogP contribution is -2.28. The normalized spacial score (nSPS) is 17.3. The molecule has 2 heterocycles. The summed E-state index contributed by atoms with van der Waals surface area (Å²) in [6.07, 6.45) is 4.68. The van der Waals surface area contributed by atoms with E-state index in [9.17, 15) is 0 Å². The summed E-state index contributed by atoms with van der Waals surface area (Å²) in [6, 6.07) is 0. The fourth-order valence-electron chi connectivity index (χ4n) is 1.93. The molecule has 0 saturated carbocycles. The minimum Gasteiger partial charge on any atom is -0.472 e. The van der Waals surface area contributed by atoms with Gasteiger partial charge in [-0.15, -0.1) is 0 Å². The number of rotatable bonds is 5. The van der Waals surface area contributed by atoms with E-state index in [1.165, 1.54) is 0 Å². The van der Waals surface area contributed by atoms with Gasteiger partial charge in [0, 0.05) is 26.7 Å². The van der Waals surface area contributed by atoms with Crippen LogP contribution in [0, 0.1) is 6.92 Å². The van der Waals surface area contributed by atoms with Gasteiger partial charge in [0.15, 0.2) is 0 Å². The standard InChI is InChI=1S/C12H19N3O2.2C2H6/c1-10-7-14-12(8-13-10)17-11-3-4-15(9-11)5-6-16-2;2*1-2/h7-8,11H,3-6,9H2,1-2H3;2*1-2H3. The molecule has 1 fully saturated rings. The molecule has 0 bridgehead atoms. The zero-order valence-corrected chi connectivity index (χ0v) is 14.4. The van der Waals surface area contributed by atoms with Crippen LogP contribution >= 0.6 is 0 Å². The Kier molecular flexibility index (Phi) is 11.8. The molecule has 21 heavy (non-hydrogen) atoms. The van der Waals surface area contributed by atoms with Crippen LogP contribution in [-0.4, -0.2) is 54.3 Å². The first kappa shape index (κ1) is 19.8. The number of hydrogen-bond acceptors (Lipinski definition) is 5. The molecule has 0 N–H and O–H groups in total. The third kappa shape index (κ3) is 7.97. The fourth-order valence-corrected chi connectivity index (χ4v) is 1.93. The lowest BCUT2D eigenvalue weighted by molar-refractivity contribution is 0.147. The molecule has 0 spiro atoms. The topological polar surface area (TPSA) is 47.5 Å². The van der Waals surface area contributed by atoms with Crippen molar-refractivity contribution in [3.8, 4) is 5.88 Å². The monoisotopic (exact) mass is 297 g/mol. The van der Waals surface area contributed by atoms with Crippen molar-refractivity contribution in [3.05, 3.63) is 18.1 Å². The first-order valence-electron chi connectivity index (χ1n) is 7.94.